The number of pyridine rings is 1. The summed E-state index contributed by atoms with van der Waals surface area (Å²) in [5.41, 5.74) is 2.08. The molecule has 4 saturated carbocycles. The van der Waals surface area contributed by atoms with E-state index in [-0.39, 0.29) is 45.6 Å². The van der Waals surface area contributed by atoms with E-state index in [1.807, 2.05) is 4.90 Å². The molecule has 5 fully saturated rings. The van der Waals surface area contributed by atoms with Crippen molar-refractivity contribution in [3.63, 3.8) is 0 Å². The number of amides is 1. The van der Waals surface area contributed by atoms with E-state index < -0.39 is 5.41 Å². The van der Waals surface area contributed by atoms with Crippen molar-refractivity contribution in [2.75, 3.05) is 39.3 Å². The molecule has 1 N–H and O–H groups in total. The molecule has 0 spiro atoms. The Morgan fingerprint density at radius 2 is 1.70 bits per heavy atom. The Morgan fingerprint density at radius 1 is 0.960 bits per heavy atom. The van der Waals surface area contributed by atoms with Crippen molar-refractivity contribution in [1.82, 2.24) is 14.8 Å². The van der Waals surface area contributed by atoms with Gasteiger partial charge in [-0.25, -0.2) is 4.98 Å². The molecule has 1 saturated heterocycles. The molecule has 0 aromatic carbocycles. The highest BCUT2D eigenvalue weighted by atomic mass is 35.5. The number of hydrogen-bond donors (Lipinski definition) is 1. The molecule has 276 valence electrons. The third-order valence-electron chi connectivity index (χ3n) is 16.6. The minimum absolute atomic E-state index is 0.0174. The monoisotopic (exact) mass is 707 g/mol. The average molecular weight is 708 g/mol. The van der Waals surface area contributed by atoms with Crippen molar-refractivity contribution < 1.29 is 19.4 Å². The highest BCUT2D eigenvalue weighted by Crippen LogP contribution is 2.75. The number of aromatic nitrogens is 1. The van der Waals surface area contributed by atoms with Crippen LogP contribution in [0.3, 0.4) is 0 Å². The SMILES string of the molecule is CC1CCC2(C(=O)OCCN3CCN(C(=O)c4ccnc(Cl)c4)CC3)CCC3(C)C(=CCC4C5(C)CCC(O)C(C)(C)C5CCC43C)C2C1C. The maximum atomic E-state index is 14.5. The summed E-state index contributed by atoms with van der Waals surface area (Å²) >= 11 is 6.02. The lowest BCUT2D eigenvalue weighted by molar-refractivity contribution is -0.207. The van der Waals surface area contributed by atoms with Gasteiger partial charge < -0.3 is 14.7 Å². The van der Waals surface area contributed by atoms with Crippen LogP contribution >= 0.6 is 11.6 Å². The van der Waals surface area contributed by atoms with Crippen molar-refractivity contribution in [1.29, 1.82) is 0 Å². The van der Waals surface area contributed by atoms with E-state index in [9.17, 15) is 14.7 Å². The number of hydrogen-bond acceptors (Lipinski definition) is 6. The van der Waals surface area contributed by atoms with Crippen molar-refractivity contribution in [2.45, 2.75) is 112 Å². The van der Waals surface area contributed by atoms with Gasteiger partial charge in [0.05, 0.1) is 11.5 Å². The maximum absolute atomic E-state index is 14.5. The lowest BCUT2D eigenvalue weighted by atomic mass is 9.33. The first-order chi connectivity index (χ1) is 23.6. The Balaban J connectivity index is 1.06. The highest BCUT2D eigenvalue weighted by Gasteiger charge is 2.69. The quantitative estimate of drug-likeness (QED) is 0.190. The molecule has 0 radical (unpaired) electrons. The van der Waals surface area contributed by atoms with Crippen LogP contribution in [0.15, 0.2) is 30.0 Å². The second-order valence-corrected chi connectivity index (χ2v) is 19.2. The van der Waals surface area contributed by atoms with Gasteiger partial charge in [-0.05, 0) is 121 Å². The van der Waals surface area contributed by atoms with Crippen molar-refractivity contribution in [3.8, 4) is 0 Å². The number of carbonyl (C=O) groups is 2. The standard InChI is InChI=1S/C42H62ClN3O4/c1-27-10-16-42(37(49)50-25-24-45-20-22-46(23-21-45)36(48)29-13-19-44-34(43)26-29)18-17-40(6)30(35(42)28(27)2)8-9-32-39(5)14-12-33(47)38(3,4)31(39)11-15-41(32,40)7/h8,13,19,26-28,31-33,35,47H,9-12,14-18,20-25H2,1-7H3. The van der Waals surface area contributed by atoms with Crippen molar-refractivity contribution in [3.05, 3.63) is 40.7 Å². The third-order valence-corrected chi connectivity index (χ3v) is 16.9. The van der Waals surface area contributed by atoms with Crippen molar-refractivity contribution in [2.24, 2.45) is 56.7 Å². The minimum Gasteiger partial charge on any atom is -0.464 e. The Kier molecular flexibility index (Phi) is 9.37. The van der Waals surface area contributed by atoms with Gasteiger partial charge in [-0.3, -0.25) is 14.5 Å². The van der Waals surface area contributed by atoms with Gasteiger partial charge in [0.25, 0.3) is 5.91 Å². The number of aliphatic hydroxyl groups excluding tert-OH is 1. The number of halogens is 1. The van der Waals surface area contributed by atoms with Gasteiger partial charge in [0, 0.05) is 44.5 Å². The summed E-state index contributed by atoms with van der Waals surface area (Å²) in [5, 5.41) is 11.4. The van der Waals surface area contributed by atoms with Crippen LogP contribution in [0.4, 0.5) is 0 Å². The molecule has 0 bridgehead atoms. The molecule has 2 heterocycles. The predicted molar refractivity (Wildman–Crippen MR) is 198 cm³/mol. The topological polar surface area (TPSA) is 83.0 Å². The summed E-state index contributed by atoms with van der Waals surface area (Å²) in [5.74, 6) is 2.36. The van der Waals surface area contributed by atoms with E-state index in [0.717, 1.165) is 58.0 Å². The van der Waals surface area contributed by atoms with E-state index in [1.54, 1.807) is 23.9 Å². The second kappa shape index (κ2) is 12.9. The van der Waals surface area contributed by atoms with E-state index in [2.05, 4.69) is 64.4 Å². The molecule has 6 aliphatic rings. The first kappa shape index (κ1) is 36.4. The molecule has 7 rings (SSSR count). The molecule has 1 aliphatic heterocycles. The number of esters is 1. The van der Waals surface area contributed by atoms with Crippen LogP contribution in [0.25, 0.3) is 0 Å². The third kappa shape index (κ3) is 5.44. The van der Waals surface area contributed by atoms with Crippen LogP contribution in [0, 0.1) is 56.7 Å². The summed E-state index contributed by atoms with van der Waals surface area (Å²) in [6, 6.07) is 3.34. The zero-order chi connectivity index (χ0) is 35.9. The van der Waals surface area contributed by atoms with E-state index in [4.69, 9.17) is 16.3 Å². The molecule has 50 heavy (non-hydrogen) atoms. The first-order valence-electron chi connectivity index (χ1n) is 19.8. The largest absolute Gasteiger partial charge is 0.464 e. The van der Waals surface area contributed by atoms with Gasteiger partial charge in [0.2, 0.25) is 0 Å². The van der Waals surface area contributed by atoms with E-state index >= 15 is 0 Å². The number of ether oxygens (including phenoxy) is 1. The molecule has 8 heteroatoms. The Bertz CT molecular complexity index is 1520. The number of allylic oxidation sites excluding steroid dienone is 2. The predicted octanol–water partition coefficient (Wildman–Crippen LogP) is 8.05. The van der Waals surface area contributed by atoms with Crippen LogP contribution < -0.4 is 0 Å². The fourth-order valence-electron chi connectivity index (χ4n) is 13.1. The number of aliphatic hydroxyl groups is 1. The van der Waals surface area contributed by atoms with Gasteiger partial charge >= 0.3 is 5.97 Å². The number of rotatable bonds is 5. The number of piperazine rings is 1. The summed E-state index contributed by atoms with van der Waals surface area (Å²) in [7, 11) is 0. The zero-order valence-corrected chi connectivity index (χ0v) is 32.5. The first-order valence-corrected chi connectivity index (χ1v) is 20.2. The molecule has 10 atom stereocenters. The smallest absolute Gasteiger partial charge is 0.312 e. The molecule has 1 amide bonds. The lowest BCUT2D eigenvalue weighted by Crippen LogP contribution is -2.65. The second-order valence-electron chi connectivity index (χ2n) is 18.8. The molecule has 1 aromatic rings. The molecular formula is C42H62ClN3O4. The van der Waals surface area contributed by atoms with E-state index in [1.165, 1.54) is 12.8 Å². The van der Waals surface area contributed by atoms with Crippen LogP contribution in [0.5, 0.6) is 0 Å². The summed E-state index contributed by atoms with van der Waals surface area (Å²) < 4.78 is 6.32. The van der Waals surface area contributed by atoms with E-state index in [0.29, 0.717) is 60.6 Å². The van der Waals surface area contributed by atoms with Gasteiger partial charge in [-0.15, -0.1) is 0 Å². The summed E-state index contributed by atoms with van der Waals surface area (Å²) in [6.07, 6.45) is 13.4. The van der Waals surface area contributed by atoms with Gasteiger partial charge in [-0.2, -0.15) is 0 Å². The zero-order valence-electron chi connectivity index (χ0n) is 31.8. The van der Waals surface area contributed by atoms with Crippen LogP contribution in [-0.2, 0) is 9.53 Å². The minimum atomic E-state index is -0.449. The van der Waals surface area contributed by atoms with Gasteiger partial charge in [-0.1, -0.05) is 71.7 Å². The number of nitrogens with zero attached hydrogens (tertiary/aromatic N) is 3. The molecule has 5 aliphatic carbocycles. The molecule has 10 unspecified atom stereocenters. The van der Waals surface area contributed by atoms with Crippen LogP contribution in [-0.4, -0.2) is 77.2 Å². The fourth-order valence-corrected chi connectivity index (χ4v) is 13.3. The molecular weight excluding hydrogens is 646 g/mol. The fraction of sp³-hybridized carbons (Fsp3) is 0.786. The maximum Gasteiger partial charge on any atom is 0.312 e. The lowest BCUT2D eigenvalue weighted by Gasteiger charge is -2.71. The molecule has 1 aromatic heterocycles. The Labute approximate surface area is 305 Å². The van der Waals surface area contributed by atoms with Crippen LogP contribution in [0.1, 0.15) is 117 Å². The highest BCUT2D eigenvalue weighted by molar-refractivity contribution is 6.29. The normalized spacial score (nSPS) is 42.7. The molecule has 7 nitrogen and oxygen atoms in total. The summed E-state index contributed by atoms with van der Waals surface area (Å²) in [6.45, 7) is 21.1. The van der Waals surface area contributed by atoms with Gasteiger partial charge in [0.1, 0.15) is 11.8 Å². The average Bonchev–Trinajstić information content (AvgIpc) is 3.08. The van der Waals surface area contributed by atoms with Gasteiger partial charge in [0.15, 0.2) is 0 Å². The van der Waals surface area contributed by atoms with Crippen LogP contribution in [0.2, 0.25) is 5.15 Å². The number of fused-ring (bicyclic) bond motifs is 7. The Hall–Kier alpha value is -1.96. The van der Waals surface area contributed by atoms with Crippen molar-refractivity contribution >= 4 is 23.5 Å². The Morgan fingerprint density at radius 3 is 2.42 bits per heavy atom. The number of carbonyl (C=O) groups excluding carboxylic acids is 2. The summed E-state index contributed by atoms with van der Waals surface area (Å²) in [4.78, 5) is 35.7.